The molecule has 1 atom stereocenters. The minimum atomic E-state index is -0.0375. The van der Waals surface area contributed by atoms with Crippen molar-refractivity contribution in [2.45, 2.75) is 26.9 Å². The number of carbonyl (C=O) groups excluding carboxylic acids is 1. The molecule has 1 fully saturated rings. The maximum Gasteiger partial charge on any atom is 0.221 e. The van der Waals surface area contributed by atoms with Crippen molar-refractivity contribution in [3.63, 3.8) is 0 Å². The first-order valence-electron chi connectivity index (χ1n) is 8.35. The number of nitrogens with one attached hydrogen (secondary N) is 1. The van der Waals surface area contributed by atoms with Crippen molar-refractivity contribution in [1.82, 2.24) is 0 Å². The van der Waals surface area contributed by atoms with Crippen LogP contribution in [0, 0.1) is 13.8 Å². The van der Waals surface area contributed by atoms with Crippen molar-refractivity contribution in [1.29, 1.82) is 0 Å². The molecule has 1 N–H and O–H groups in total. The highest BCUT2D eigenvalue weighted by Gasteiger charge is 2.22. The minimum absolute atomic E-state index is 0.0375. The number of morpholine rings is 1. The van der Waals surface area contributed by atoms with E-state index in [1.165, 1.54) is 11.3 Å². The van der Waals surface area contributed by atoms with Gasteiger partial charge in [0.25, 0.3) is 0 Å². The molecule has 1 heterocycles. The Morgan fingerprint density at radius 1 is 1.17 bits per heavy atom. The van der Waals surface area contributed by atoms with E-state index in [1.807, 2.05) is 32.0 Å². The third-order valence-corrected chi connectivity index (χ3v) is 4.42. The lowest BCUT2D eigenvalue weighted by Crippen LogP contribution is -2.38. The van der Waals surface area contributed by atoms with Crippen LogP contribution in [-0.4, -0.2) is 25.6 Å². The lowest BCUT2D eigenvalue weighted by atomic mass is 10.0. The van der Waals surface area contributed by atoms with Gasteiger partial charge in [0.2, 0.25) is 5.91 Å². The number of hydrogen-bond acceptors (Lipinski definition) is 3. The molecule has 4 nitrogen and oxygen atoms in total. The van der Waals surface area contributed by atoms with Crippen LogP contribution in [0.15, 0.2) is 42.5 Å². The number of hydrogen-bond donors (Lipinski definition) is 1. The lowest BCUT2D eigenvalue weighted by Gasteiger charge is -2.35. The van der Waals surface area contributed by atoms with Gasteiger partial charge in [0.1, 0.15) is 6.10 Å². The van der Waals surface area contributed by atoms with E-state index < -0.39 is 0 Å². The van der Waals surface area contributed by atoms with E-state index in [0.29, 0.717) is 6.61 Å². The van der Waals surface area contributed by atoms with Gasteiger partial charge in [-0.25, -0.2) is 0 Å². The molecule has 2 aromatic carbocycles. The molecule has 1 saturated heterocycles. The number of aryl methyl sites for hydroxylation is 2. The summed E-state index contributed by atoms with van der Waals surface area (Å²) < 4.78 is 5.95. The molecule has 0 saturated carbocycles. The van der Waals surface area contributed by atoms with Gasteiger partial charge in [-0.3, -0.25) is 4.79 Å². The van der Waals surface area contributed by atoms with Gasteiger partial charge in [-0.1, -0.05) is 30.3 Å². The Kier molecular flexibility index (Phi) is 4.86. The van der Waals surface area contributed by atoms with Crippen LogP contribution in [0.1, 0.15) is 29.7 Å². The van der Waals surface area contributed by atoms with Crippen LogP contribution in [0.4, 0.5) is 11.4 Å². The van der Waals surface area contributed by atoms with Crippen LogP contribution in [0.25, 0.3) is 0 Å². The van der Waals surface area contributed by atoms with Gasteiger partial charge < -0.3 is 15.0 Å². The molecule has 3 rings (SSSR count). The second kappa shape index (κ2) is 7.05. The highest BCUT2D eigenvalue weighted by molar-refractivity contribution is 5.91. The number of anilines is 2. The zero-order valence-electron chi connectivity index (χ0n) is 14.5. The summed E-state index contributed by atoms with van der Waals surface area (Å²) in [4.78, 5) is 13.7. The monoisotopic (exact) mass is 324 g/mol. The second-order valence-corrected chi connectivity index (χ2v) is 6.35. The summed E-state index contributed by atoms with van der Waals surface area (Å²) in [6, 6.07) is 14.6. The van der Waals surface area contributed by atoms with Gasteiger partial charge in [0.05, 0.1) is 6.61 Å². The maximum absolute atomic E-state index is 11.4. The normalized spacial score (nSPS) is 17.6. The van der Waals surface area contributed by atoms with Gasteiger partial charge in [-0.15, -0.1) is 0 Å². The third-order valence-electron chi connectivity index (χ3n) is 4.42. The number of ether oxygens (including phenoxy) is 1. The zero-order valence-corrected chi connectivity index (χ0v) is 14.5. The highest BCUT2D eigenvalue weighted by atomic mass is 16.5. The van der Waals surface area contributed by atoms with E-state index in [1.54, 1.807) is 6.92 Å². The molecule has 0 aromatic heterocycles. The maximum atomic E-state index is 11.4. The molecule has 0 radical (unpaired) electrons. The van der Waals surface area contributed by atoms with Crippen molar-refractivity contribution in [2.75, 3.05) is 29.9 Å². The van der Waals surface area contributed by atoms with Gasteiger partial charge in [0, 0.05) is 31.4 Å². The van der Waals surface area contributed by atoms with Crippen molar-refractivity contribution < 1.29 is 9.53 Å². The Morgan fingerprint density at radius 3 is 2.46 bits per heavy atom. The number of benzene rings is 2. The number of carbonyl (C=O) groups is 1. The van der Waals surface area contributed by atoms with E-state index in [9.17, 15) is 4.79 Å². The summed E-state index contributed by atoms with van der Waals surface area (Å²) >= 11 is 0. The molecule has 1 aliphatic heterocycles. The summed E-state index contributed by atoms with van der Waals surface area (Å²) in [7, 11) is 0. The van der Waals surface area contributed by atoms with Crippen molar-refractivity contribution in [3.05, 3.63) is 59.2 Å². The molecule has 1 aliphatic rings. The van der Waals surface area contributed by atoms with Gasteiger partial charge in [-0.05, 0) is 42.7 Å². The minimum Gasteiger partial charge on any atom is -0.370 e. The van der Waals surface area contributed by atoms with Gasteiger partial charge >= 0.3 is 0 Å². The van der Waals surface area contributed by atoms with Crippen molar-refractivity contribution in [3.8, 4) is 0 Å². The molecular weight excluding hydrogens is 300 g/mol. The highest BCUT2D eigenvalue weighted by Crippen LogP contribution is 2.30. The molecule has 1 amide bonds. The van der Waals surface area contributed by atoms with Crippen molar-refractivity contribution in [2.24, 2.45) is 0 Å². The van der Waals surface area contributed by atoms with E-state index in [4.69, 9.17) is 4.74 Å². The lowest BCUT2D eigenvalue weighted by molar-refractivity contribution is -0.114. The van der Waals surface area contributed by atoms with Crippen LogP contribution in [0.3, 0.4) is 0 Å². The SMILES string of the molecule is CC(=O)Nc1c(C)cc(N2CCOC(c3ccccc3)C2)cc1C. The summed E-state index contributed by atoms with van der Waals surface area (Å²) in [5.41, 5.74) is 5.49. The van der Waals surface area contributed by atoms with E-state index >= 15 is 0 Å². The summed E-state index contributed by atoms with van der Waals surface area (Å²) in [5.74, 6) is -0.0375. The summed E-state index contributed by atoms with van der Waals surface area (Å²) in [6.45, 7) is 8.04. The predicted octanol–water partition coefficient (Wildman–Crippen LogP) is 3.84. The molecule has 0 bridgehead atoms. The van der Waals surface area contributed by atoms with Crippen LogP contribution in [0.2, 0.25) is 0 Å². The Morgan fingerprint density at radius 2 is 1.83 bits per heavy atom. The fourth-order valence-electron chi connectivity index (χ4n) is 3.25. The Hall–Kier alpha value is -2.33. The average molecular weight is 324 g/mol. The number of amides is 1. The van der Waals surface area contributed by atoms with E-state index in [-0.39, 0.29) is 12.0 Å². The molecule has 2 aromatic rings. The van der Waals surface area contributed by atoms with Gasteiger partial charge in [-0.2, -0.15) is 0 Å². The van der Waals surface area contributed by atoms with Crippen LogP contribution >= 0.6 is 0 Å². The topological polar surface area (TPSA) is 41.6 Å². The molecule has 4 heteroatoms. The standard InChI is InChI=1S/C20H24N2O2/c1-14-11-18(12-15(2)20(14)21-16(3)23)22-9-10-24-19(13-22)17-7-5-4-6-8-17/h4-8,11-12,19H,9-10,13H2,1-3H3,(H,21,23). The second-order valence-electron chi connectivity index (χ2n) is 6.35. The average Bonchev–Trinajstić information content (AvgIpc) is 2.59. The Bertz CT molecular complexity index is 705. The van der Waals surface area contributed by atoms with Crippen LogP contribution in [0.5, 0.6) is 0 Å². The zero-order chi connectivity index (χ0) is 17.1. The van der Waals surface area contributed by atoms with Crippen LogP contribution in [-0.2, 0) is 9.53 Å². The largest absolute Gasteiger partial charge is 0.370 e. The fraction of sp³-hybridized carbons (Fsp3) is 0.350. The molecule has 0 spiro atoms. The first-order valence-corrected chi connectivity index (χ1v) is 8.35. The summed E-state index contributed by atoms with van der Waals surface area (Å²) in [6.07, 6.45) is 0.0931. The molecule has 24 heavy (non-hydrogen) atoms. The Labute approximate surface area is 143 Å². The molecule has 126 valence electrons. The first kappa shape index (κ1) is 16.5. The van der Waals surface area contributed by atoms with E-state index in [2.05, 4.69) is 34.5 Å². The molecule has 1 unspecified atom stereocenters. The fourth-order valence-corrected chi connectivity index (χ4v) is 3.25. The quantitative estimate of drug-likeness (QED) is 0.932. The first-order chi connectivity index (χ1) is 11.5. The van der Waals surface area contributed by atoms with Crippen molar-refractivity contribution >= 4 is 17.3 Å². The summed E-state index contributed by atoms with van der Waals surface area (Å²) in [5, 5.41) is 2.92. The number of rotatable bonds is 3. The van der Waals surface area contributed by atoms with Crippen LogP contribution < -0.4 is 10.2 Å². The number of nitrogens with zero attached hydrogens (tertiary/aromatic N) is 1. The third kappa shape index (κ3) is 3.60. The van der Waals surface area contributed by atoms with Gasteiger partial charge in [0.15, 0.2) is 0 Å². The van der Waals surface area contributed by atoms with E-state index in [0.717, 1.165) is 29.9 Å². The smallest absolute Gasteiger partial charge is 0.221 e. The predicted molar refractivity (Wildman–Crippen MR) is 97.6 cm³/mol. The molecular formula is C20H24N2O2. The molecule has 0 aliphatic carbocycles. The Balaban J connectivity index is 1.82.